The Morgan fingerprint density at radius 3 is 2.44 bits per heavy atom. The van der Waals surface area contributed by atoms with Gasteiger partial charge in [-0.05, 0) is 73.5 Å². The van der Waals surface area contributed by atoms with Crippen LogP contribution in [0, 0.1) is 39.4 Å². The van der Waals surface area contributed by atoms with Gasteiger partial charge in [0.15, 0.2) is 5.78 Å². The van der Waals surface area contributed by atoms with E-state index >= 15 is 0 Å². The van der Waals surface area contributed by atoms with Gasteiger partial charge in [-0.3, -0.25) is 9.59 Å². The molecule has 4 heteroatoms. The van der Waals surface area contributed by atoms with Gasteiger partial charge in [0.2, 0.25) is 0 Å². The van der Waals surface area contributed by atoms with Crippen LogP contribution < -0.4 is 0 Å². The summed E-state index contributed by atoms with van der Waals surface area (Å²) < 4.78 is 5.75. The van der Waals surface area contributed by atoms with Crippen LogP contribution in [0.1, 0.15) is 99.8 Å². The van der Waals surface area contributed by atoms with Gasteiger partial charge in [-0.15, -0.1) is 0 Å². The topological polar surface area (TPSA) is 63.6 Å². The zero-order valence-electron chi connectivity index (χ0n) is 21.3. The second-order valence-electron chi connectivity index (χ2n) is 12.8. The van der Waals surface area contributed by atoms with Crippen LogP contribution in [0.3, 0.4) is 0 Å². The Bertz CT molecular complexity index is 840. The Morgan fingerprint density at radius 1 is 1.12 bits per heavy atom. The number of esters is 1. The molecule has 0 aromatic carbocycles. The molecule has 0 aromatic rings. The number of carbonyl (C=O) groups excluding carboxylic acids is 2. The molecule has 32 heavy (non-hydrogen) atoms. The van der Waals surface area contributed by atoms with Crippen molar-refractivity contribution >= 4 is 11.8 Å². The predicted molar refractivity (Wildman–Crippen MR) is 126 cm³/mol. The van der Waals surface area contributed by atoms with Gasteiger partial charge in [0.1, 0.15) is 6.10 Å². The van der Waals surface area contributed by atoms with Crippen LogP contribution in [0.25, 0.3) is 0 Å². The summed E-state index contributed by atoms with van der Waals surface area (Å²) in [5, 5.41) is 9.56. The zero-order valence-corrected chi connectivity index (χ0v) is 21.3. The van der Waals surface area contributed by atoms with Crippen molar-refractivity contribution in [1.82, 2.24) is 0 Å². The van der Waals surface area contributed by atoms with Crippen LogP contribution in [0.2, 0.25) is 0 Å². The van der Waals surface area contributed by atoms with E-state index in [0.717, 1.165) is 44.9 Å². The summed E-state index contributed by atoms with van der Waals surface area (Å²) in [6.45, 7) is 15.7. The minimum Gasteiger partial charge on any atom is -0.462 e. The summed E-state index contributed by atoms with van der Waals surface area (Å²) in [5.74, 6) is 1.38. The molecular formula is C28H44O4. The summed E-state index contributed by atoms with van der Waals surface area (Å²) in [6, 6.07) is 0. The van der Waals surface area contributed by atoms with Gasteiger partial charge in [0, 0.05) is 36.4 Å². The quantitative estimate of drug-likeness (QED) is 0.551. The Labute approximate surface area is 194 Å². The van der Waals surface area contributed by atoms with E-state index in [1.54, 1.807) is 0 Å². The number of hydrogen-bond acceptors (Lipinski definition) is 4. The average Bonchev–Trinajstić information content (AvgIpc) is 2.97. The first-order chi connectivity index (χ1) is 14.8. The third-order valence-corrected chi connectivity index (χ3v) is 11.1. The number of fused-ring (bicyclic) bond motifs is 4. The van der Waals surface area contributed by atoms with Crippen LogP contribution in [0.5, 0.6) is 0 Å². The van der Waals surface area contributed by atoms with Crippen LogP contribution in [-0.2, 0) is 14.3 Å². The van der Waals surface area contributed by atoms with Gasteiger partial charge in [0.25, 0.3) is 0 Å². The second-order valence-corrected chi connectivity index (χ2v) is 12.8. The number of ether oxygens (including phenoxy) is 1. The monoisotopic (exact) mass is 444 g/mol. The van der Waals surface area contributed by atoms with Gasteiger partial charge in [-0.1, -0.05) is 47.1 Å². The van der Waals surface area contributed by atoms with Crippen molar-refractivity contribution in [1.29, 1.82) is 0 Å². The van der Waals surface area contributed by atoms with E-state index < -0.39 is 0 Å². The zero-order chi connectivity index (χ0) is 23.7. The van der Waals surface area contributed by atoms with Crippen LogP contribution in [0.15, 0.2) is 11.1 Å². The highest BCUT2D eigenvalue weighted by Crippen LogP contribution is 2.71. The number of carbonyl (C=O) groups is 2. The molecule has 4 aliphatic rings. The lowest BCUT2D eigenvalue weighted by atomic mass is 9.43. The van der Waals surface area contributed by atoms with Crippen molar-refractivity contribution in [3.8, 4) is 0 Å². The molecule has 0 spiro atoms. The van der Waals surface area contributed by atoms with E-state index in [-0.39, 0.29) is 46.3 Å². The minimum atomic E-state index is -0.220. The van der Waals surface area contributed by atoms with Gasteiger partial charge < -0.3 is 9.84 Å². The maximum Gasteiger partial charge on any atom is 0.302 e. The molecule has 7 atom stereocenters. The predicted octanol–water partition coefficient (Wildman–Crippen LogP) is 5.86. The van der Waals surface area contributed by atoms with Crippen LogP contribution >= 0.6 is 0 Å². The number of ketones is 1. The number of aliphatic hydroxyl groups is 1. The van der Waals surface area contributed by atoms with E-state index in [9.17, 15) is 14.7 Å². The highest BCUT2D eigenvalue weighted by atomic mass is 16.5. The molecule has 180 valence electrons. The molecule has 0 heterocycles. The molecule has 0 aliphatic heterocycles. The number of Topliss-reactive ketones (excluding diaryl/α,β-unsaturated/α-hetero) is 1. The number of aliphatic hydroxyl groups excluding tert-OH is 1. The van der Waals surface area contributed by atoms with Crippen molar-refractivity contribution in [2.75, 3.05) is 6.61 Å². The number of rotatable bonds is 4. The van der Waals surface area contributed by atoms with Crippen molar-refractivity contribution in [3.63, 3.8) is 0 Å². The van der Waals surface area contributed by atoms with Gasteiger partial charge >= 0.3 is 5.97 Å². The Kier molecular flexibility index (Phi) is 5.76. The fourth-order valence-electron chi connectivity index (χ4n) is 9.11. The lowest BCUT2D eigenvalue weighted by molar-refractivity contribution is -0.168. The minimum absolute atomic E-state index is 0.00251. The lowest BCUT2D eigenvalue weighted by Crippen LogP contribution is -2.57. The SMILES string of the molecule is CC(=O)OC1CC[C@]2(C)C3=C(C(=O)CC2C1(C)C)[C@]1(C)CC[C@H]([C@H](C)CCO)[C@@]1(C)CC3. The molecule has 0 radical (unpaired) electrons. The summed E-state index contributed by atoms with van der Waals surface area (Å²) in [7, 11) is 0. The van der Waals surface area contributed by atoms with Gasteiger partial charge in [0.05, 0.1) is 0 Å². The Morgan fingerprint density at radius 2 is 1.81 bits per heavy atom. The molecule has 2 saturated carbocycles. The lowest BCUT2D eigenvalue weighted by Gasteiger charge is -2.61. The molecule has 0 bridgehead atoms. The maximum atomic E-state index is 13.9. The molecular weight excluding hydrogens is 400 g/mol. The number of allylic oxidation sites excluding steroid dienone is 2. The molecule has 4 rings (SSSR count). The third kappa shape index (κ3) is 3.11. The highest BCUT2D eigenvalue weighted by molar-refractivity contribution is 5.99. The van der Waals surface area contributed by atoms with Crippen LogP contribution in [0.4, 0.5) is 0 Å². The van der Waals surface area contributed by atoms with Gasteiger partial charge in [-0.25, -0.2) is 0 Å². The standard InChI is InChI=1S/C28H44O4/c1-17(11-15-29)19-8-14-28(7)24-20(9-13-27(19,28)6)26(5)12-10-23(32-18(2)30)25(3,4)22(26)16-21(24)31/h17,19,22-23,29H,8-16H2,1-7H3/t17-,19-,22?,23?,26-,27-,28+/m1/s1. The van der Waals surface area contributed by atoms with Crippen molar-refractivity contribution in [2.24, 2.45) is 39.4 Å². The van der Waals surface area contributed by atoms with E-state index in [0.29, 0.717) is 24.0 Å². The molecule has 4 aliphatic carbocycles. The third-order valence-electron chi connectivity index (χ3n) is 11.1. The number of hydrogen-bond donors (Lipinski definition) is 1. The van der Waals surface area contributed by atoms with E-state index in [4.69, 9.17) is 4.74 Å². The summed E-state index contributed by atoms with van der Waals surface area (Å²) in [4.78, 5) is 25.7. The van der Waals surface area contributed by atoms with E-state index in [2.05, 4.69) is 41.5 Å². The largest absolute Gasteiger partial charge is 0.462 e. The summed E-state index contributed by atoms with van der Waals surface area (Å²) >= 11 is 0. The fraction of sp³-hybridized carbons (Fsp3) is 0.857. The van der Waals surface area contributed by atoms with Gasteiger partial charge in [-0.2, -0.15) is 0 Å². The van der Waals surface area contributed by atoms with Crippen molar-refractivity contribution in [2.45, 2.75) is 106 Å². The van der Waals surface area contributed by atoms with Crippen molar-refractivity contribution < 1.29 is 19.4 Å². The fourth-order valence-corrected chi connectivity index (χ4v) is 9.11. The first-order valence-corrected chi connectivity index (χ1v) is 12.9. The molecule has 2 unspecified atom stereocenters. The van der Waals surface area contributed by atoms with E-state index in [1.165, 1.54) is 18.1 Å². The highest BCUT2D eigenvalue weighted by Gasteiger charge is 2.65. The molecule has 1 N–H and O–H groups in total. The maximum absolute atomic E-state index is 13.9. The molecule has 0 saturated heterocycles. The Hall–Kier alpha value is -1.16. The first kappa shape index (κ1) is 24.0. The normalized spacial score (nSPS) is 43.9. The van der Waals surface area contributed by atoms with Crippen LogP contribution in [-0.4, -0.2) is 29.6 Å². The second kappa shape index (κ2) is 7.68. The molecule has 0 amide bonds. The summed E-state index contributed by atoms with van der Waals surface area (Å²) in [6.07, 6.45) is 7.53. The molecule has 0 aromatic heterocycles. The summed E-state index contributed by atoms with van der Waals surface area (Å²) in [5.41, 5.74) is 2.43. The smallest absolute Gasteiger partial charge is 0.302 e. The Balaban J connectivity index is 1.76. The molecule has 4 nitrogen and oxygen atoms in total. The van der Waals surface area contributed by atoms with E-state index in [1.807, 2.05) is 0 Å². The first-order valence-electron chi connectivity index (χ1n) is 12.9. The average molecular weight is 445 g/mol. The van der Waals surface area contributed by atoms with Crippen molar-refractivity contribution in [3.05, 3.63) is 11.1 Å². The molecule has 2 fully saturated rings.